The summed E-state index contributed by atoms with van der Waals surface area (Å²) in [6.45, 7) is 0.339. The van der Waals surface area contributed by atoms with Crippen molar-refractivity contribution in [1.82, 2.24) is 15.3 Å². The van der Waals surface area contributed by atoms with E-state index in [1.54, 1.807) is 30.0 Å². The topological polar surface area (TPSA) is 54.9 Å². The Morgan fingerprint density at radius 1 is 1.04 bits per heavy atom. The Labute approximate surface area is 155 Å². The van der Waals surface area contributed by atoms with E-state index in [0.717, 1.165) is 16.2 Å². The molecule has 0 aliphatic rings. The molecule has 1 amide bonds. The number of nitrogens with one attached hydrogen (secondary N) is 1. The van der Waals surface area contributed by atoms with Gasteiger partial charge in [-0.05, 0) is 42.5 Å². The maximum atomic E-state index is 13.0. The highest BCUT2D eigenvalue weighted by Gasteiger charge is 2.05. The smallest absolute Gasteiger partial charge is 0.221 e. The zero-order valence-electron chi connectivity index (χ0n) is 14.1. The lowest BCUT2D eigenvalue weighted by Gasteiger charge is -2.06. The molecule has 1 heterocycles. The third-order valence-electron chi connectivity index (χ3n) is 3.67. The number of amides is 1. The molecule has 0 atom stereocenters. The molecule has 0 radical (unpaired) electrons. The van der Waals surface area contributed by atoms with Crippen molar-refractivity contribution in [2.45, 2.75) is 17.9 Å². The average molecular weight is 367 g/mol. The summed E-state index contributed by atoms with van der Waals surface area (Å²) >= 11 is 1.65. The number of carbonyl (C=O) groups excluding carboxylic acids is 1. The Balaban J connectivity index is 1.49. The first-order valence-electron chi connectivity index (χ1n) is 8.22. The lowest BCUT2D eigenvalue weighted by atomic mass is 10.1. The lowest BCUT2D eigenvalue weighted by molar-refractivity contribution is -0.120. The van der Waals surface area contributed by atoms with Crippen molar-refractivity contribution in [2.24, 2.45) is 0 Å². The number of hydrogen-bond donors (Lipinski definition) is 1. The van der Waals surface area contributed by atoms with Crippen molar-refractivity contribution in [1.29, 1.82) is 0 Å². The molecule has 0 bridgehead atoms. The maximum Gasteiger partial charge on any atom is 0.221 e. The fourth-order valence-corrected chi connectivity index (χ4v) is 3.20. The van der Waals surface area contributed by atoms with E-state index in [1.807, 2.05) is 30.3 Å². The van der Waals surface area contributed by atoms with Gasteiger partial charge in [-0.1, -0.05) is 18.2 Å². The largest absolute Gasteiger partial charge is 0.350 e. The van der Waals surface area contributed by atoms with E-state index in [-0.39, 0.29) is 11.7 Å². The molecule has 4 nitrogen and oxygen atoms in total. The summed E-state index contributed by atoms with van der Waals surface area (Å²) in [5.74, 6) is 0.416. The van der Waals surface area contributed by atoms with Crippen LogP contribution in [0.2, 0.25) is 0 Å². The first kappa shape index (κ1) is 18.1. The van der Waals surface area contributed by atoms with Crippen LogP contribution >= 0.6 is 11.8 Å². The van der Waals surface area contributed by atoms with Gasteiger partial charge < -0.3 is 5.32 Å². The van der Waals surface area contributed by atoms with Crippen LogP contribution in [0.1, 0.15) is 12.1 Å². The van der Waals surface area contributed by atoms with E-state index in [2.05, 4.69) is 15.3 Å². The van der Waals surface area contributed by atoms with Crippen LogP contribution in [0.25, 0.3) is 11.3 Å². The van der Waals surface area contributed by atoms with Crippen LogP contribution in [0.15, 0.2) is 71.9 Å². The summed E-state index contributed by atoms with van der Waals surface area (Å²) in [5.41, 5.74) is 2.22. The summed E-state index contributed by atoms with van der Waals surface area (Å²) in [6, 6.07) is 17.9. The SMILES string of the molecule is O=C(CCSc1ccccc1)NCc1cc(-c2ccc(F)cc2)ncn1. The van der Waals surface area contributed by atoms with E-state index < -0.39 is 0 Å². The van der Waals surface area contributed by atoms with Gasteiger partial charge in [-0.3, -0.25) is 4.79 Å². The van der Waals surface area contributed by atoms with Crippen molar-refractivity contribution < 1.29 is 9.18 Å². The monoisotopic (exact) mass is 367 g/mol. The van der Waals surface area contributed by atoms with Gasteiger partial charge in [-0.25, -0.2) is 14.4 Å². The van der Waals surface area contributed by atoms with E-state index in [4.69, 9.17) is 0 Å². The number of thioether (sulfide) groups is 1. The Bertz CT molecular complexity index is 856. The van der Waals surface area contributed by atoms with Gasteiger partial charge in [0.05, 0.1) is 17.9 Å². The van der Waals surface area contributed by atoms with Crippen molar-refractivity contribution in [3.63, 3.8) is 0 Å². The second-order valence-corrected chi connectivity index (χ2v) is 6.76. The predicted molar refractivity (Wildman–Crippen MR) is 101 cm³/mol. The quantitative estimate of drug-likeness (QED) is 0.639. The molecule has 0 spiro atoms. The molecule has 0 unspecified atom stereocenters. The second kappa shape index (κ2) is 9.10. The molecule has 26 heavy (non-hydrogen) atoms. The van der Waals surface area contributed by atoms with Crippen LogP contribution < -0.4 is 5.32 Å². The van der Waals surface area contributed by atoms with Gasteiger partial charge in [0.2, 0.25) is 5.91 Å². The number of aromatic nitrogens is 2. The zero-order chi connectivity index (χ0) is 18.2. The molecule has 0 aliphatic carbocycles. The molecule has 0 saturated heterocycles. The van der Waals surface area contributed by atoms with Crippen LogP contribution in [0.5, 0.6) is 0 Å². The maximum absolute atomic E-state index is 13.0. The van der Waals surface area contributed by atoms with Crippen LogP contribution in [0, 0.1) is 5.82 Å². The van der Waals surface area contributed by atoms with Crippen molar-refractivity contribution >= 4 is 17.7 Å². The molecular formula is C20H18FN3OS. The first-order valence-corrected chi connectivity index (χ1v) is 9.21. The number of rotatable bonds is 7. The second-order valence-electron chi connectivity index (χ2n) is 5.59. The summed E-state index contributed by atoms with van der Waals surface area (Å²) in [7, 11) is 0. The number of carbonyl (C=O) groups is 1. The minimum absolute atomic E-state index is 0.0182. The normalized spacial score (nSPS) is 10.5. The minimum atomic E-state index is -0.288. The predicted octanol–water partition coefficient (Wildman–Crippen LogP) is 4.08. The third-order valence-corrected chi connectivity index (χ3v) is 4.69. The van der Waals surface area contributed by atoms with E-state index in [9.17, 15) is 9.18 Å². The number of halogens is 1. The van der Waals surface area contributed by atoms with Gasteiger partial charge in [0, 0.05) is 22.6 Å². The summed E-state index contributed by atoms with van der Waals surface area (Å²) in [4.78, 5) is 21.5. The highest BCUT2D eigenvalue weighted by molar-refractivity contribution is 7.99. The third kappa shape index (κ3) is 5.39. The fourth-order valence-electron chi connectivity index (χ4n) is 2.33. The van der Waals surface area contributed by atoms with E-state index in [0.29, 0.717) is 24.4 Å². The summed E-state index contributed by atoms with van der Waals surface area (Å²) in [6.07, 6.45) is 1.89. The summed E-state index contributed by atoms with van der Waals surface area (Å²) < 4.78 is 13.0. The Morgan fingerprint density at radius 2 is 1.81 bits per heavy atom. The number of benzene rings is 2. The van der Waals surface area contributed by atoms with Gasteiger partial charge in [0.15, 0.2) is 0 Å². The van der Waals surface area contributed by atoms with Crippen LogP contribution in [-0.2, 0) is 11.3 Å². The molecule has 6 heteroatoms. The van der Waals surface area contributed by atoms with Crippen LogP contribution in [0.3, 0.4) is 0 Å². The van der Waals surface area contributed by atoms with Gasteiger partial charge >= 0.3 is 0 Å². The van der Waals surface area contributed by atoms with Gasteiger partial charge in [-0.15, -0.1) is 11.8 Å². The molecule has 0 fully saturated rings. The molecular weight excluding hydrogens is 349 g/mol. The molecule has 1 N–H and O–H groups in total. The van der Waals surface area contributed by atoms with Crippen molar-refractivity contribution in [3.8, 4) is 11.3 Å². The van der Waals surface area contributed by atoms with E-state index in [1.165, 1.54) is 18.5 Å². The Morgan fingerprint density at radius 3 is 2.58 bits per heavy atom. The zero-order valence-corrected chi connectivity index (χ0v) is 14.9. The number of nitrogens with zero attached hydrogens (tertiary/aromatic N) is 2. The molecule has 2 aromatic carbocycles. The van der Waals surface area contributed by atoms with Crippen LogP contribution in [0.4, 0.5) is 4.39 Å². The van der Waals surface area contributed by atoms with Gasteiger partial charge in [-0.2, -0.15) is 0 Å². The van der Waals surface area contributed by atoms with Gasteiger partial charge in [0.25, 0.3) is 0 Å². The fraction of sp³-hybridized carbons (Fsp3) is 0.150. The lowest BCUT2D eigenvalue weighted by Crippen LogP contribution is -2.23. The Hall–Kier alpha value is -2.73. The average Bonchev–Trinajstić information content (AvgIpc) is 2.68. The van der Waals surface area contributed by atoms with Gasteiger partial charge in [0.1, 0.15) is 12.1 Å². The molecule has 132 valence electrons. The molecule has 0 saturated carbocycles. The van der Waals surface area contributed by atoms with E-state index >= 15 is 0 Å². The number of hydrogen-bond acceptors (Lipinski definition) is 4. The minimum Gasteiger partial charge on any atom is -0.350 e. The van der Waals surface area contributed by atoms with Crippen molar-refractivity contribution in [3.05, 3.63) is 78.5 Å². The molecule has 3 rings (SSSR count). The van der Waals surface area contributed by atoms with Crippen molar-refractivity contribution in [2.75, 3.05) is 5.75 Å². The Kier molecular flexibility index (Phi) is 6.33. The molecule has 3 aromatic rings. The highest BCUT2D eigenvalue weighted by atomic mass is 32.2. The highest BCUT2D eigenvalue weighted by Crippen LogP contribution is 2.18. The molecule has 1 aromatic heterocycles. The standard InChI is InChI=1S/C20H18FN3OS/c21-16-8-6-15(7-9-16)19-12-17(23-14-24-19)13-22-20(25)10-11-26-18-4-2-1-3-5-18/h1-9,12,14H,10-11,13H2,(H,22,25). The van der Waals surface area contributed by atoms with Crippen LogP contribution in [-0.4, -0.2) is 21.6 Å². The summed E-state index contributed by atoms with van der Waals surface area (Å²) in [5, 5.41) is 2.87. The first-order chi connectivity index (χ1) is 12.7. The molecule has 0 aliphatic heterocycles.